The molecule has 5 nitrogen and oxygen atoms in total. The summed E-state index contributed by atoms with van der Waals surface area (Å²) in [5, 5.41) is 14.4. The van der Waals surface area contributed by atoms with E-state index in [1.807, 2.05) is 38.3 Å². The van der Waals surface area contributed by atoms with E-state index in [0.29, 0.717) is 5.56 Å². The average molecular weight is 459 g/mol. The van der Waals surface area contributed by atoms with Gasteiger partial charge < -0.3 is 4.57 Å². The second-order valence-corrected chi connectivity index (χ2v) is 8.61. The third-order valence-electron chi connectivity index (χ3n) is 5.16. The Bertz CT molecular complexity index is 1250. The van der Waals surface area contributed by atoms with E-state index < -0.39 is 17.6 Å². The summed E-state index contributed by atoms with van der Waals surface area (Å²) in [5.41, 5.74) is 5.93. The number of aryl methyl sites for hydroxylation is 2. The molecule has 0 saturated carbocycles. The molecule has 3 rings (SSSR count). The number of hydrogen-bond acceptors (Lipinski definition) is 4. The maximum atomic E-state index is 12.8. The molecule has 0 saturated heterocycles. The van der Waals surface area contributed by atoms with Crippen LogP contribution in [-0.2, 0) is 17.4 Å². The zero-order valence-electron chi connectivity index (χ0n) is 18.0. The van der Waals surface area contributed by atoms with Crippen LogP contribution in [0.1, 0.15) is 44.1 Å². The van der Waals surface area contributed by atoms with E-state index in [1.165, 1.54) is 29.7 Å². The van der Waals surface area contributed by atoms with Gasteiger partial charge in [0.05, 0.1) is 23.8 Å². The molecule has 2 aromatic heterocycles. The first-order valence-corrected chi connectivity index (χ1v) is 10.5. The number of thiophene rings is 1. The number of alkyl halides is 3. The zero-order chi connectivity index (χ0) is 23.6. The van der Waals surface area contributed by atoms with Crippen LogP contribution in [0.3, 0.4) is 0 Å². The lowest BCUT2D eigenvalue weighted by atomic mass is 10.1. The zero-order valence-corrected chi connectivity index (χ0v) is 18.8. The number of nitrogens with one attached hydrogen (secondary N) is 1. The van der Waals surface area contributed by atoms with E-state index >= 15 is 0 Å². The number of aromatic nitrogens is 1. The van der Waals surface area contributed by atoms with E-state index in [-0.39, 0.29) is 12.0 Å². The molecule has 2 heterocycles. The number of hydrazone groups is 1. The van der Waals surface area contributed by atoms with Crippen molar-refractivity contribution >= 4 is 23.5 Å². The lowest BCUT2D eigenvalue weighted by Gasteiger charge is -2.08. The minimum absolute atomic E-state index is 0.223. The minimum Gasteiger partial charge on any atom is -0.308 e. The minimum atomic E-state index is -4.46. The predicted molar refractivity (Wildman–Crippen MR) is 118 cm³/mol. The van der Waals surface area contributed by atoms with Gasteiger partial charge in [-0.15, -0.1) is 11.3 Å². The first-order chi connectivity index (χ1) is 15.0. The van der Waals surface area contributed by atoms with Gasteiger partial charge in [0.25, 0.3) is 0 Å². The summed E-state index contributed by atoms with van der Waals surface area (Å²) < 4.78 is 40.4. The standard InChI is InChI=1S/C23H21F3N4OS/c1-13-8-18(15(3)30(13)22-20(11-27)14(2)16(4)32-22)12-28-29-21(31)10-17-6-5-7-19(9-17)23(24,25)26/h5-9,12H,10H2,1-4H3,(H,29,31). The Morgan fingerprint density at radius 2 is 1.97 bits per heavy atom. The number of carbonyl (C=O) groups excluding carboxylic acids is 1. The van der Waals surface area contributed by atoms with Crippen LogP contribution >= 0.6 is 11.3 Å². The molecule has 0 aliphatic rings. The molecule has 0 fully saturated rings. The maximum Gasteiger partial charge on any atom is 0.416 e. The van der Waals surface area contributed by atoms with Gasteiger partial charge in [0.15, 0.2) is 0 Å². The van der Waals surface area contributed by atoms with E-state index in [4.69, 9.17) is 0 Å². The van der Waals surface area contributed by atoms with Crippen molar-refractivity contribution in [3.05, 3.63) is 74.4 Å². The van der Waals surface area contributed by atoms with E-state index in [1.54, 1.807) is 0 Å². The second kappa shape index (κ2) is 9.01. The van der Waals surface area contributed by atoms with Gasteiger partial charge in [-0.25, -0.2) is 5.43 Å². The van der Waals surface area contributed by atoms with Gasteiger partial charge in [-0.05, 0) is 51.0 Å². The van der Waals surface area contributed by atoms with Crippen molar-refractivity contribution in [2.75, 3.05) is 0 Å². The molecule has 0 atom stereocenters. The fourth-order valence-corrected chi connectivity index (χ4v) is 4.60. The van der Waals surface area contributed by atoms with Crippen molar-refractivity contribution in [2.45, 2.75) is 40.3 Å². The Morgan fingerprint density at radius 3 is 2.62 bits per heavy atom. The van der Waals surface area contributed by atoms with Crippen molar-refractivity contribution < 1.29 is 18.0 Å². The Labute approximate surface area is 187 Å². The number of benzene rings is 1. The highest BCUT2D eigenvalue weighted by Crippen LogP contribution is 2.33. The summed E-state index contributed by atoms with van der Waals surface area (Å²) in [7, 11) is 0. The van der Waals surface area contributed by atoms with Crippen molar-refractivity contribution in [3.8, 4) is 11.1 Å². The van der Waals surface area contributed by atoms with E-state index in [0.717, 1.165) is 44.5 Å². The summed E-state index contributed by atoms with van der Waals surface area (Å²) >= 11 is 1.54. The van der Waals surface area contributed by atoms with Crippen molar-refractivity contribution in [2.24, 2.45) is 5.10 Å². The molecule has 0 aliphatic heterocycles. The number of amides is 1. The van der Waals surface area contributed by atoms with E-state index in [9.17, 15) is 23.2 Å². The summed E-state index contributed by atoms with van der Waals surface area (Å²) in [6.07, 6.45) is -3.19. The van der Waals surface area contributed by atoms with Crippen LogP contribution in [0.25, 0.3) is 5.00 Å². The first kappa shape index (κ1) is 23.3. The van der Waals surface area contributed by atoms with Gasteiger partial charge in [-0.1, -0.05) is 18.2 Å². The van der Waals surface area contributed by atoms with Crippen LogP contribution in [-0.4, -0.2) is 16.7 Å². The molecule has 3 aromatic rings. The molecule has 0 spiro atoms. The molecule has 1 aromatic carbocycles. The lowest BCUT2D eigenvalue weighted by Crippen LogP contribution is -2.20. The molecular weight excluding hydrogens is 437 g/mol. The largest absolute Gasteiger partial charge is 0.416 e. The molecule has 0 unspecified atom stereocenters. The van der Waals surface area contributed by atoms with Crippen molar-refractivity contribution in [1.82, 2.24) is 9.99 Å². The molecule has 32 heavy (non-hydrogen) atoms. The van der Waals surface area contributed by atoms with E-state index in [2.05, 4.69) is 16.6 Å². The highest BCUT2D eigenvalue weighted by Gasteiger charge is 2.30. The van der Waals surface area contributed by atoms with Gasteiger partial charge in [0, 0.05) is 21.8 Å². The maximum absolute atomic E-state index is 12.8. The van der Waals surface area contributed by atoms with Crippen LogP contribution < -0.4 is 5.43 Å². The lowest BCUT2D eigenvalue weighted by molar-refractivity contribution is -0.137. The summed E-state index contributed by atoms with van der Waals surface area (Å²) in [4.78, 5) is 13.2. The Kier molecular flexibility index (Phi) is 6.55. The number of halogens is 3. The third-order valence-corrected chi connectivity index (χ3v) is 6.36. The van der Waals surface area contributed by atoms with Gasteiger partial charge in [-0.2, -0.15) is 23.5 Å². The quantitative estimate of drug-likeness (QED) is 0.413. The predicted octanol–water partition coefficient (Wildman–Crippen LogP) is 5.36. The highest BCUT2D eigenvalue weighted by molar-refractivity contribution is 7.14. The highest BCUT2D eigenvalue weighted by atomic mass is 32.1. The van der Waals surface area contributed by atoms with Crippen LogP contribution in [0, 0.1) is 39.0 Å². The molecule has 0 bridgehead atoms. The Balaban J connectivity index is 1.75. The van der Waals surface area contributed by atoms with Crippen LogP contribution in [0.4, 0.5) is 13.2 Å². The Morgan fingerprint density at radius 1 is 1.25 bits per heavy atom. The van der Waals surface area contributed by atoms with Gasteiger partial charge >= 0.3 is 6.18 Å². The molecule has 166 valence electrons. The molecule has 1 amide bonds. The summed E-state index contributed by atoms with van der Waals surface area (Å²) in [6, 6.07) is 8.81. The number of nitrogens with zero attached hydrogens (tertiary/aromatic N) is 3. The number of hydrogen-bond donors (Lipinski definition) is 1. The van der Waals surface area contributed by atoms with Crippen LogP contribution in [0.15, 0.2) is 35.4 Å². The van der Waals surface area contributed by atoms with Crippen LogP contribution in [0.2, 0.25) is 0 Å². The normalized spacial score (nSPS) is 11.7. The van der Waals surface area contributed by atoms with Crippen molar-refractivity contribution in [1.29, 1.82) is 5.26 Å². The molecular formula is C23H21F3N4OS. The van der Waals surface area contributed by atoms with Gasteiger partial charge in [0.1, 0.15) is 11.1 Å². The number of nitriles is 1. The monoisotopic (exact) mass is 458 g/mol. The molecule has 1 N–H and O–H groups in total. The molecule has 0 radical (unpaired) electrons. The summed E-state index contributed by atoms with van der Waals surface area (Å²) in [5.74, 6) is -0.523. The second-order valence-electron chi connectivity index (χ2n) is 7.41. The van der Waals surface area contributed by atoms with Crippen molar-refractivity contribution in [3.63, 3.8) is 0 Å². The molecule has 0 aliphatic carbocycles. The van der Waals surface area contributed by atoms with Crippen LogP contribution in [0.5, 0.6) is 0 Å². The topological polar surface area (TPSA) is 70.2 Å². The van der Waals surface area contributed by atoms with Gasteiger partial charge in [0.2, 0.25) is 5.91 Å². The van der Waals surface area contributed by atoms with Gasteiger partial charge in [-0.3, -0.25) is 4.79 Å². The molecule has 9 heteroatoms. The third kappa shape index (κ3) is 4.75. The fraction of sp³-hybridized carbons (Fsp3) is 0.261. The average Bonchev–Trinajstić information content (AvgIpc) is 3.15. The smallest absolute Gasteiger partial charge is 0.308 e. The first-order valence-electron chi connectivity index (χ1n) is 9.70. The summed E-state index contributed by atoms with van der Waals surface area (Å²) in [6.45, 7) is 7.71. The fourth-order valence-electron chi connectivity index (χ4n) is 3.39. The SMILES string of the molecule is Cc1sc(-n2c(C)cc(C=NNC(=O)Cc3cccc(C(F)(F)F)c3)c2C)c(C#N)c1C. The number of carbonyl (C=O) groups is 1. The number of rotatable bonds is 5. The Hall–Kier alpha value is -3.38.